The lowest BCUT2D eigenvalue weighted by atomic mass is 10.1. The summed E-state index contributed by atoms with van der Waals surface area (Å²) in [6.07, 6.45) is 7.17. The molecule has 0 aromatic heterocycles. The number of ether oxygens (including phenoxy) is 1. The number of nitrogens with one attached hydrogen (secondary N) is 1. The topological polar surface area (TPSA) is 38.3 Å². The van der Waals surface area contributed by atoms with Gasteiger partial charge in [-0.1, -0.05) is 48.5 Å². The summed E-state index contributed by atoms with van der Waals surface area (Å²) in [6, 6.07) is 18.1. The Kier molecular flexibility index (Phi) is 4.89. The van der Waals surface area contributed by atoms with E-state index in [0.29, 0.717) is 12.0 Å². The predicted octanol–water partition coefficient (Wildman–Crippen LogP) is 4.40. The van der Waals surface area contributed by atoms with Gasteiger partial charge in [-0.15, -0.1) is 0 Å². The fourth-order valence-corrected chi connectivity index (χ4v) is 3.45. The minimum atomic E-state index is -0.333. The smallest absolute Gasteiger partial charge is 0.330 e. The van der Waals surface area contributed by atoms with Gasteiger partial charge in [-0.25, -0.2) is 4.79 Å². The monoisotopic (exact) mass is 347 g/mol. The quantitative estimate of drug-likeness (QED) is 0.596. The molecule has 2 aromatic rings. The van der Waals surface area contributed by atoms with E-state index in [4.69, 9.17) is 0 Å². The van der Waals surface area contributed by atoms with Crippen LogP contribution in [0.2, 0.25) is 0 Å². The van der Waals surface area contributed by atoms with Crippen LogP contribution in [-0.2, 0) is 16.1 Å². The van der Waals surface area contributed by atoms with E-state index in [1.54, 1.807) is 6.08 Å². The van der Waals surface area contributed by atoms with E-state index in [0.717, 1.165) is 18.0 Å². The van der Waals surface area contributed by atoms with Gasteiger partial charge < -0.3 is 10.1 Å². The predicted molar refractivity (Wildman–Crippen MR) is 104 cm³/mol. The van der Waals surface area contributed by atoms with Crippen LogP contribution in [0.5, 0.6) is 0 Å². The van der Waals surface area contributed by atoms with Crippen LogP contribution in [0.3, 0.4) is 0 Å². The molecule has 3 nitrogen and oxygen atoms in total. The van der Waals surface area contributed by atoms with E-state index in [-0.39, 0.29) is 5.97 Å². The number of carbonyl (C=O) groups excluding carboxylic acids is 1. The standard InChI is InChI=1S/C23H25NO2/c1-26-23(25)13-6-16-2-4-17(5-3-16)15-24-22-14-21(22)20-11-9-19(10-12-20)18-7-8-18/h2-6,9-13,18,21-22,24H,7-8,14-15H2,1H3/b13-6+. The minimum Gasteiger partial charge on any atom is -0.466 e. The second-order valence-corrected chi connectivity index (χ2v) is 7.37. The Hall–Kier alpha value is -2.39. The lowest BCUT2D eigenvalue weighted by Gasteiger charge is -2.06. The number of benzene rings is 2. The third kappa shape index (κ3) is 4.23. The van der Waals surface area contributed by atoms with Gasteiger partial charge >= 0.3 is 5.97 Å². The number of hydrogen-bond donors (Lipinski definition) is 1. The highest BCUT2D eigenvalue weighted by atomic mass is 16.5. The van der Waals surface area contributed by atoms with Gasteiger partial charge in [-0.3, -0.25) is 0 Å². The summed E-state index contributed by atoms with van der Waals surface area (Å²) in [6.45, 7) is 0.877. The van der Waals surface area contributed by atoms with Gasteiger partial charge in [0.15, 0.2) is 0 Å². The van der Waals surface area contributed by atoms with E-state index in [2.05, 4.69) is 46.5 Å². The first-order chi connectivity index (χ1) is 12.7. The van der Waals surface area contributed by atoms with Crippen LogP contribution in [0.25, 0.3) is 6.08 Å². The van der Waals surface area contributed by atoms with Crippen LogP contribution >= 0.6 is 0 Å². The van der Waals surface area contributed by atoms with Gasteiger partial charge in [0.25, 0.3) is 0 Å². The van der Waals surface area contributed by atoms with Crippen molar-refractivity contribution in [3.05, 3.63) is 76.9 Å². The zero-order chi connectivity index (χ0) is 17.9. The highest BCUT2D eigenvalue weighted by Crippen LogP contribution is 2.43. The molecule has 134 valence electrons. The maximum absolute atomic E-state index is 11.1. The third-order valence-electron chi connectivity index (χ3n) is 5.36. The molecule has 0 aliphatic heterocycles. The summed E-state index contributed by atoms with van der Waals surface area (Å²) in [5.74, 6) is 1.16. The van der Waals surface area contributed by atoms with Gasteiger partial charge in [-0.05, 0) is 53.5 Å². The van der Waals surface area contributed by atoms with Crippen molar-refractivity contribution in [2.24, 2.45) is 0 Å². The molecule has 2 unspecified atom stereocenters. The summed E-state index contributed by atoms with van der Waals surface area (Å²) < 4.78 is 4.60. The Morgan fingerprint density at radius 2 is 1.77 bits per heavy atom. The van der Waals surface area contributed by atoms with E-state index >= 15 is 0 Å². The first kappa shape index (κ1) is 17.0. The Bertz CT molecular complexity index is 788. The largest absolute Gasteiger partial charge is 0.466 e. The molecule has 2 aromatic carbocycles. The Balaban J connectivity index is 1.26. The molecule has 2 aliphatic carbocycles. The van der Waals surface area contributed by atoms with Gasteiger partial charge in [0, 0.05) is 24.6 Å². The van der Waals surface area contributed by atoms with Crippen molar-refractivity contribution < 1.29 is 9.53 Å². The number of esters is 1. The average molecular weight is 347 g/mol. The molecule has 0 saturated heterocycles. The molecule has 0 heterocycles. The third-order valence-corrected chi connectivity index (χ3v) is 5.36. The van der Waals surface area contributed by atoms with E-state index in [1.807, 2.05) is 12.1 Å². The minimum absolute atomic E-state index is 0.333. The van der Waals surface area contributed by atoms with E-state index in [1.165, 1.54) is 49.1 Å². The molecule has 2 aliphatic rings. The van der Waals surface area contributed by atoms with E-state index < -0.39 is 0 Å². The Morgan fingerprint density at radius 3 is 2.42 bits per heavy atom. The molecule has 1 N–H and O–H groups in total. The lowest BCUT2D eigenvalue weighted by Crippen LogP contribution is -2.17. The normalized spacial score (nSPS) is 21.7. The summed E-state index contributed by atoms with van der Waals surface area (Å²) in [7, 11) is 1.38. The summed E-state index contributed by atoms with van der Waals surface area (Å²) in [5.41, 5.74) is 5.24. The fourth-order valence-electron chi connectivity index (χ4n) is 3.45. The first-order valence-corrected chi connectivity index (χ1v) is 9.41. The van der Waals surface area contributed by atoms with Crippen molar-refractivity contribution >= 4 is 12.0 Å². The van der Waals surface area contributed by atoms with Crippen LogP contribution in [0, 0.1) is 0 Å². The molecule has 0 spiro atoms. The number of carbonyl (C=O) groups is 1. The zero-order valence-electron chi connectivity index (χ0n) is 15.2. The second kappa shape index (κ2) is 7.46. The highest BCUT2D eigenvalue weighted by molar-refractivity contribution is 5.86. The van der Waals surface area contributed by atoms with Crippen molar-refractivity contribution in [2.45, 2.75) is 43.7 Å². The molecule has 2 fully saturated rings. The van der Waals surface area contributed by atoms with Crippen molar-refractivity contribution in [2.75, 3.05) is 7.11 Å². The molecule has 3 heteroatoms. The fraction of sp³-hybridized carbons (Fsp3) is 0.348. The molecule has 2 atom stereocenters. The SMILES string of the molecule is COC(=O)/C=C/c1ccc(CNC2CC2c2ccc(C3CC3)cc2)cc1. The van der Waals surface area contributed by atoms with E-state index in [9.17, 15) is 4.79 Å². The van der Waals surface area contributed by atoms with Crippen LogP contribution in [0.1, 0.15) is 53.4 Å². The number of hydrogen-bond acceptors (Lipinski definition) is 3. The average Bonchev–Trinajstić information content (AvgIpc) is 3.59. The zero-order valence-corrected chi connectivity index (χ0v) is 15.2. The summed E-state index contributed by atoms with van der Waals surface area (Å²) in [4.78, 5) is 11.1. The molecule has 2 saturated carbocycles. The van der Waals surface area contributed by atoms with Crippen LogP contribution in [-0.4, -0.2) is 19.1 Å². The number of rotatable bonds is 7. The van der Waals surface area contributed by atoms with Crippen molar-refractivity contribution in [1.82, 2.24) is 5.32 Å². The summed E-state index contributed by atoms with van der Waals surface area (Å²) >= 11 is 0. The first-order valence-electron chi connectivity index (χ1n) is 9.41. The van der Waals surface area contributed by atoms with Crippen molar-refractivity contribution in [1.29, 1.82) is 0 Å². The number of methoxy groups -OCH3 is 1. The second-order valence-electron chi connectivity index (χ2n) is 7.37. The molecular formula is C23H25NO2. The summed E-state index contributed by atoms with van der Waals surface area (Å²) in [5, 5.41) is 3.66. The van der Waals surface area contributed by atoms with Crippen LogP contribution in [0.4, 0.5) is 0 Å². The molecule has 0 bridgehead atoms. The van der Waals surface area contributed by atoms with Crippen molar-refractivity contribution in [3.8, 4) is 0 Å². The maximum atomic E-state index is 11.1. The molecule has 0 radical (unpaired) electrons. The molecule has 0 amide bonds. The van der Waals surface area contributed by atoms with Crippen molar-refractivity contribution in [3.63, 3.8) is 0 Å². The Morgan fingerprint density at radius 1 is 1.08 bits per heavy atom. The van der Waals surface area contributed by atoms with Gasteiger partial charge in [0.1, 0.15) is 0 Å². The maximum Gasteiger partial charge on any atom is 0.330 e. The van der Waals surface area contributed by atoms with Crippen LogP contribution < -0.4 is 5.32 Å². The lowest BCUT2D eigenvalue weighted by molar-refractivity contribution is -0.134. The Labute approximate surface area is 155 Å². The highest BCUT2D eigenvalue weighted by Gasteiger charge is 2.37. The van der Waals surface area contributed by atoms with Gasteiger partial charge in [0.2, 0.25) is 0 Å². The van der Waals surface area contributed by atoms with Gasteiger partial charge in [-0.2, -0.15) is 0 Å². The van der Waals surface area contributed by atoms with Crippen LogP contribution in [0.15, 0.2) is 54.6 Å². The molecule has 4 rings (SSSR count). The molecular weight excluding hydrogens is 322 g/mol. The molecule has 26 heavy (non-hydrogen) atoms. The van der Waals surface area contributed by atoms with Gasteiger partial charge in [0.05, 0.1) is 7.11 Å².